The molecule has 0 aliphatic carbocycles. The van der Waals surface area contributed by atoms with Gasteiger partial charge in [-0.3, -0.25) is 9.59 Å². The van der Waals surface area contributed by atoms with Gasteiger partial charge >= 0.3 is 0 Å². The van der Waals surface area contributed by atoms with E-state index < -0.39 is 0 Å². The van der Waals surface area contributed by atoms with Crippen molar-refractivity contribution in [2.24, 2.45) is 0 Å². The number of piperazine rings is 1. The van der Waals surface area contributed by atoms with Gasteiger partial charge in [-0.25, -0.2) is 4.98 Å². The van der Waals surface area contributed by atoms with E-state index in [9.17, 15) is 9.59 Å². The van der Waals surface area contributed by atoms with E-state index >= 15 is 0 Å². The molecule has 0 bridgehead atoms. The standard InChI is InChI=1S/C29H32ClN7O4S2/c1-31-26(38)21-4-2-3-5-23(21)34-25-22(30)18-32-28(35-25)33-20-8-6-19(7-9-20)27(39)36-11-13-37(14-12-36)29(42)43-17-10-24-40-15-16-41-24/h2-9,18,24H,10-17H2,1H3,(H,31,38)(H2,32,33,34,35). The molecule has 2 fully saturated rings. The number of carbonyl (C=O) groups excluding carboxylic acids is 2. The van der Waals surface area contributed by atoms with Crippen LogP contribution in [0.3, 0.4) is 0 Å². The lowest BCUT2D eigenvalue weighted by atomic mass is 10.1. The number of aromatic nitrogens is 2. The van der Waals surface area contributed by atoms with Gasteiger partial charge in [0.1, 0.15) is 9.34 Å². The van der Waals surface area contributed by atoms with Crippen molar-refractivity contribution < 1.29 is 19.1 Å². The summed E-state index contributed by atoms with van der Waals surface area (Å²) in [5, 5.41) is 9.18. The van der Waals surface area contributed by atoms with Crippen molar-refractivity contribution >= 4 is 74.9 Å². The quantitative estimate of drug-likeness (QED) is 0.286. The lowest BCUT2D eigenvalue weighted by Gasteiger charge is -2.36. The summed E-state index contributed by atoms with van der Waals surface area (Å²) in [6, 6.07) is 14.2. The Morgan fingerprint density at radius 1 is 1.02 bits per heavy atom. The Balaban J connectivity index is 1.13. The zero-order valence-corrected chi connectivity index (χ0v) is 25.9. The second-order valence-corrected chi connectivity index (χ2v) is 11.8. The van der Waals surface area contributed by atoms with E-state index in [1.807, 2.05) is 11.0 Å². The summed E-state index contributed by atoms with van der Waals surface area (Å²) in [4.78, 5) is 38.1. The number of rotatable bonds is 9. The highest BCUT2D eigenvalue weighted by atomic mass is 35.5. The molecule has 0 unspecified atom stereocenters. The van der Waals surface area contributed by atoms with E-state index in [2.05, 4.69) is 30.8 Å². The molecule has 2 aliphatic heterocycles. The number of nitrogens with zero attached hydrogens (tertiary/aromatic N) is 4. The Kier molecular flexibility index (Phi) is 10.7. The third-order valence-electron chi connectivity index (χ3n) is 6.88. The van der Waals surface area contributed by atoms with Gasteiger partial charge in [0.05, 0.1) is 30.7 Å². The average molecular weight is 642 g/mol. The predicted molar refractivity (Wildman–Crippen MR) is 173 cm³/mol. The van der Waals surface area contributed by atoms with Crippen LogP contribution < -0.4 is 16.0 Å². The van der Waals surface area contributed by atoms with Crippen molar-refractivity contribution in [3.63, 3.8) is 0 Å². The van der Waals surface area contributed by atoms with Gasteiger partial charge < -0.3 is 35.2 Å². The molecule has 2 aliphatic rings. The molecule has 226 valence electrons. The first-order valence-electron chi connectivity index (χ1n) is 13.8. The molecule has 0 spiro atoms. The molecular weight excluding hydrogens is 610 g/mol. The SMILES string of the molecule is CNC(=O)c1ccccc1Nc1nc(Nc2ccc(C(=O)N3CCN(C(=S)SCCC4OCCO4)CC3)cc2)ncc1Cl. The van der Waals surface area contributed by atoms with Crippen LogP contribution in [0.15, 0.2) is 54.7 Å². The number of hydrogen-bond donors (Lipinski definition) is 3. The smallest absolute Gasteiger partial charge is 0.253 e. The number of hydrogen-bond acceptors (Lipinski definition) is 10. The van der Waals surface area contributed by atoms with E-state index in [1.165, 1.54) is 6.20 Å². The van der Waals surface area contributed by atoms with Crippen LogP contribution in [-0.2, 0) is 9.47 Å². The van der Waals surface area contributed by atoms with Gasteiger partial charge in [0, 0.05) is 56.7 Å². The maximum absolute atomic E-state index is 13.2. The number of nitrogens with one attached hydrogen (secondary N) is 3. The maximum atomic E-state index is 13.2. The van der Waals surface area contributed by atoms with Crippen LogP contribution in [0.25, 0.3) is 0 Å². The monoisotopic (exact) mass is 641 g/mol. The van der Waals surface area contributed by atoms with Crippen molar-refractivity contribution in [2.45, 2.75) is 12.7 Å². The third kappa shape index (κ3) is 8.12. The van der Waals surface area contributed by atoms with Gasteiger partial charge in [0.15, 0.2) is 12.1 Å². The lowest BCUT2D eigenvalue weighted by molar-refractivity contribution is -0.0421. The average Bonchev–Trinajstić information content (AvgIpc) is 3.56. The Hall–Kier alpha value is -3.49. The number of ether oxygens (including phenoxy) is 2. The zero-order chi connectivity index (χ0) is 30.2. The van der Waals surface area contributed by atoms with Crippen molar-refractivity contribution in [2.75, 3.05) is 62.8 Å². The highest BCUT2D eigenvalue weighted by molar-refractivity contribution is 8.22. The Bertz CT molecular complexity index is 1450. The summed E-state index contributed by atoms with van der Waals surface area (Å²) >= 11 is 13.6. The van der Waals surface area contributed by atoms with Gasteiger partial charge in [-0.1, -0.05) is 47.7 Å². The molecule has 5 rings (SSSR count). The van der Waals surface area contributed by atoms with E-state index in [-0.39, 0.29) is 18.1 Å². The van der Waals surface area contributed by atoms with E-state index in [4.69, 9.17) is 33.3 Å². The molecule has 3 heterocycles. The number of halogens is 1. The summed E-state index contributed by atoms with van der Waals surface area (Å²) in [5.74, 6) is 1.23. The molecule has 0 saturated carbocycles. The minimum Gasteiger partial charge on any atom is -0.355 e. The van der Waals surface area contributed by atoms with Crippen LogP contribution in [0.2, 0.25) is 5.02 Å². The van der Waals surface area contributed by atoms with Crippen molar-refractivity contribution in [1.29, 1.82) is 0 Å². The second-order valence-electron chi connectivity index (χ2n) is 9.70. The highest BCUT2D eigenvalue weighted by Gasteiger charge is 2.24. The van der Waals surface area contributed by atoms with Crippen LogP contribution in [0.5, 0.6) is 0 Å². The van der Waals surface area contributed by atoms with Gasteiger partial charge in [-0.15, -0.1) is 0 Å². The van der Waals surface area contributed by atoms with E-state index in [0.29, 0.717) is 78.7 Å². The highest BCUT2D eigenvalue weighted by Crippen LogP contribution is 2.27. The van der Waals surface area contributed by atoms with Crippen LogP contribution in [0.4, 0.5) is 23.1 Å². The first-order valence-corrected chi connectivity index (χ1v) is 15.6. The largest absolute Gasteiger partial charge is 0.355 e. The van der Waals surface area contributed by atoms with Gasteiger partial charge in [-0.2, -0.15) is 4.98 Å². The summed E-state index contributed by atoms with van der Waals surface area (Å²) < 4.78 is 11.8. The summed E-state index contributed by atoms with van der Waals surface area (Å²) in [6.07, 6.45) is 2.16. The molecule has 3 N–H and O–H groups in total. The number of thioether (sulfide) groups is 1. The van der Waals surface area contributed by atoms with Crippen molar-refractivity contribution in [3.05, 3.63) is 70.9 Å². The van der Waals surface area contributed by atoms with Crippen LogP contribution >= 0.6 is 35.6 Å². The predicted octanol–water partition coefficient (Wildman–Crippen LogP) is 4.52. The number of para-hydroxylation sites is 1. The minimum absolute atomic E-state index is 0.0238. The van der Waals surface area contributed by atoms with Gasteiger partial charge in [0.2, 0.25) is 5.95 Å². The summed E-state index contributed by atoms with van der Waals surface area (Å²) in [5.41, 5.74) is 2.31. The molecule has 2 saturated heterocycles. The van der Waals surface area contributed by atoms with Crippen LogP contribution in [0.1, 0.15) is 27.1 Å². The summed E-state index contributed by atoms with van der Waals surface area (Å²) in [7, 11) is 1.57. The fourth-order valence-electron chi connectivity index (χ4n) is 4.57. The molecule has 11 nitrogen and oxygen atoms in total. The molecular formula is C29H32ClN7O4S2. The fourth-order valence-corrected chi connectivity index (χ4v) is 6.00. The summed E-state index contributed by atoms with van der Waals surface area (Å²) in [6.45, 7) is 3.92. The van der Waals surface area contributed by atoms with Crippen LogP contribution in [-0.4, -0.2) is 94.4 Å². The molecule has 1 aromatic heterocycles. The molecule has 0 radical (unpaired) electrons. The molecule has 2 aromatic carbocycles. The first-order chi connectivity index (χ1) is 20.9. The molecule has 0 atom stereocenters. The first kappa shape index (κ1) is 31.0. The molecule has 2 amide bonds. The van der Waals surface area contributed by atoms with Crippen molar-refractivity contribution in [1.82, 2.24) is 25.1 Å². The van der Waals surface area contributed by atoms with Crippen molar-refractivity contribution in [3.8, 4) is 0 Å². The number of carbonyl (C=O) groups is 2. The molecule has 3 aromatic rings. The normalized spacial score (nSPS) is 15.3. The number of amides is 2. The second kappa shape index (κ2) is 14.8. The van der Waals surface area contributed by atoms with Gasteiger partial charge in [0.25, 0.3) is 11.8 Å². The number of thiocarbonyl (C=S) groups is 1. The number of anilines is 4. The Morgan fingerprint density at radius 3 is 2.44 bits per heavy atom. The molecule has 14 heteroatoms. The molecule has 43 heavy (non-hydrogen) atoms. The zero-order valence-electron chi connectivity index (χ0n) is 23.5. The third-order valence-corrected chi connectivity index (χ3v) is 8.71. The Labute approximate surface area is 264 Å². The van der Waals surface area contributed by atoms with Gasteiger partial charge in [-0.05, 0) is 36.4 Å². The maximum Gasteiger partial charge on any atom is 0.253 e. The van der Waals surface area contributed by atoms with E-state index in [1.54, 1.807) is 61.3 Å². The number of benzene rings is 2. The topological polar surface area (TPSA) is 121 Å². The van der Waals surface area contributed by atoms with E-state index in [0.717, 1.165) is 16.5 Å². The Morgan fingerprint density at radius 2 is 1.72 bits per heavy atom. The minimum atomic E-state index is -0.234. The lowest BCUT2D eigenvalue weighted by Crippen LogP contribution is -2.49. The van der Waals surface area contributed by atoms with Crippen LogP contribution in [0, 0.1) is 0 Å². The fraction of sp³-hybridized carbons (Fsp3) is 0.345.